The average Bonchev–Trinajstić information content (AvgIpc) is 3.59. The van der Waals surface area contributed by atoms with E-state index < -0.39 is 11.8 Å². The monoisotopic (exact) mass is 547 g/mol. The number of aromatic nitrogens is 5. The molecule has 0 atom stereocenters. The Kier molecular flexibility index (Phi) is 5.89. The van der Waals surface area contributed by atoms with Crippen LogP contribution in [-0.4, -0.2) is 31.6 Å². The van der Waals surface area contributed by atoms with Gasteiger partial charge >= 0.3 is 17.7 Å². The number of pyridine rings is 1. The number of fused-ring (bicyclic) bond motifs is 1. The van der Waals surface area contributed by atoms with E-state index in [4.69, 9.17) is 23.3 Å². The molecular formula is C30H21N5O6. The predicted molar refractivity (Wildman–Crippen MR) is 146 cm³/mol. The number of carbonyl (C=O) groups excluding carboxylic acids is 1. The molecule has 202 valence electrons. The molecule has 11 heteroatoms. The maximum atomic E-state index is 13.6. The summed E-state index contributed by atoms with van der Waals surface area (Å²) in [5.74, 6) is -0.503. The van der Waals surface area contributed by atoms with Crippen LogP contribution in [0.25, 0.3) is 33.4 Å². The standard InChI is InChI=1S/C30H21N5O6/c1-16-29(41-30(37)38-16)40-28(36)24-22-8-4-5-9-23(22)31-25(18-10-11-18)26(24)39-19-14-12-17(13-15-19)20-6-2-3-7-21(20)27-32-34-35-33-27/h2-9,12-15,18H,10-11H2,1H3,(H,32,33,34,35). The zero-order valence-corrected chi connectivity index (χ0v) is 21.7. The Hall–Kier alpha value is -5.58. The molecule has 41 heavy (non-hydrogen) atoms. The molecule has 1 fully saturated rings. The number of nitrogens with zero attached hydrogens (tertiary/aromatic N) is 4. The van der Waals surface area contributed by atoms with Crippen LogP contribution in [0.2, 0.25) is 0 Å². The molecule has 6 aromatic rings. The van der Waals surface area contributed by atoms with E-state index in [2.05, 4.69) is 20.6 Å². The second-order valence-corrected chi connectivity index (χ2v) is 9.59. The molecule has 1 aliphatic rings. The fourth-order valence-electron chi connectivity index (χ4n) is 4.74. The third kappa shape index (κ3) is 4.63. The molecule has 1 saturated carbocycles. The molecule has 3 aromatic carbocycles. The Balaban J connectivity index is 1.29. The summed E-state index contributed by atoms with van der Waals surface area (Å²) in [5.41, 5.74) is 4.16. The van der Waals surface area contributed by atoms with Gasteiger partial charge in [-0.3, -0.25) is 0 Å². The lowest BCUT2D eigenvalue weighted by Gasteiger charge is -2.17. The summed E-state index contributed by atoms with van der Waals surface area (Å²) in [5, 5.41) is 14.9. The SMILES string of the molecule is Cc1oc(=O)oc1OC(=O)c1c(Oc2ccc(-c3ccccc3-c3nn[nH]n3)cc2)c(C2CC2)nc2ccccc12. The van der Waals surface area contributed by atoms with Crippen molar-refractivity contribution in [2.45, 2.75) is 25.7 Å². The Bertz CT molecular complexity index is 1960. The maximum Gasteiger partial charge on any atom is 0.521 e. The molecule has 0 saturated heterocycles. The minimum absolute atomic E-state index is 0.0586. The molecule has 0 aliphatic heterocycles. The molecule has 0 unspecified atom stereocenters. The summed E-state index contributed by atoms with van der Waals surface area (Å²) < 4.78 is 21.7. The third-order valence-corrected chi connectivity index (χ3v) is 6.83. The number of aryl methyl sites for hydroxylation is 1. The summed E-state index contributed by atoms with van der Waals surface area (Å²) in [7, 11) is 0. The normalized spacial score (nSPS) is 12.9. The van der Waals surface area contributed by atoms with E-state index in [0.717, 1.165) is 29.5 Å². The Morgan fingerprint density at radius 2 is 1.71 bits per heavy atom. The van der Waals surface area contributed by atoms with Crippen LogP contribution in [0.15, 0.2) is 86.4 Å². The highest BCUT2D eigenvalue weighted by Crippen LogP contribution is 2.47. The fourth-order valence-corrected chi connectivity index (χ4v) is 4.74. The number of benzene rings is 3. The fraction of sp³-hybridized carbons (Fsp3) is 0.133. The Labute approximate surface area is 231 Å². The number of tetrazole rings is 1. The van der Waals surface area contributed by atoms with Gasteiger partial charge in [0, 0.05) is 23.8 Å². The largest absolute Gasteiger partial charge is 0.521 e. The van der Waals surface area contributed by atoms with Gasteiger partial charge in [-0.1, -0.05) is 54.6 Å². The van der Waals surface area contributed by atoms with Crippen molar-refractivity contribution >= 4 is 16.9 Å². The van der Waals surface area contributed by atoms with Gasteiger partial charge in [0.1, 0.15) is 11.3 Å². The zero-order chi connectivity index (χ0) is 27.9. The summed E-state index contributed by atoms with van der Waals surface area (Å²) >= 11 is 0. The molecule has 3 aromatic heterocycles. The lowest BCUT2D eigenvalue weighted by atomic mass is 9.99. The molecule has 0 spiro atoms. The molecule has 7 rings (SSSR count). The van der Waals surface area contributed by atoms with E-state index >= 15 is 0 Å². The number of esters is 1. The summed E-state index contributed by atoms with van der Waals surface area (Å²) in [6.07, 6.45) is 1.86. The zero-order valence-electron chi connectivity index (χ0n) is 21.7. The molecule has 11 nitrogen and oxygen atoms in total. The Morgan fingerprint density at radius 3 is 2.41 bits per heavy atom. The van der Waals surface area contributed by atoms with E-state index in [0.29, 0.717) is 33.9 Å². The quantitative estimate of drug-likeness (QED) is 0.242. The number of hydrogen-bond donors (Lipinski definition) is 1. The van der Waals surface area contributed by atoms with Crippen LogP contribution < -0.4 is 15.3 Å². The molecular weight excluding hydrogens is 526 g/mol. The van der Waals surface area contributed by atoms with E-state index in [-0.39, 0.29) is 23.2 Å². The van der Waals surface area contributed by atoms with Gasteiger partial charge in [0.05, 0.1) is 11.2 Å². The number of para-hydroxylation sites is 1. The van der Waals surface area contributed by atoms with Crippen molar-refractivity contribution in [3.05, 3.63) is 100 Å². The summed E-state index contributed by atoms with van der Waals surface area (Å²) in [6, 6.07) is 22.5. The third-order valence-electron chi connectivity index (χ3n) is 6.83. The van der Waals surface area contributed by atoms with Crippen molar-refractivity contribution in [1.82, 2.24) is 25.6 Å². The van der Waals surface area contributed by atoms with Crippen LogP contribution in [0.1, 0.15) is 40.6 Å². The van der Waals surface area contributed by atoms with Crippen molar-refractivity contribution in [3.8, 4) is 40.0 Å². The lowest BCUT2D eigenvalue weighted by Crippen LogP contribution is -2.13. The molecule has 0 bridgehead atoms. The number of hydrogen-bond acceptors (Lipinski definition) is 10. The van der Waals surface area contributed by atoms with Gasteiger partial charge in [0.2, 0.25) is 5.82 Å². The number of rotatable bonds is 7. The molecule has 0 radical (unpaired) electrons. The van der Waals surface area contributed by atoms with Gasteiger partial charge in [0.15, 0.2) is 11.5 Å². The van der Waals surface area contributed by atoms with Crippen molar-refractivity contribution in [2.75, 3.05) is 0 Å². The van der Waals surface area contributed by atoms with E-state index in [1.165, 1.54) is 6.92 Å². The van der Waals surface area contributed by atoms with Gasteiger partial charge in [-0.05, 0) is 47.4 Å². The van der Waals surface area contributed by atoms with Crippen molar-refractivity contribution in [1.29, 1.82) is 0 Å². The highest BCUT2D eigenvalue weighted by Gasteiger charge is 2.34. The number of aromatic amines is 1. The second-order valence-electron chi connectivity index (χ2n) is 9.59. The number of H-pyrrole nitrogens is 1. The molecule has 1 N–H and O–H groups in total. The first kappa shape index (κ1) is 24.5. The predicted octanol–water partition coefficient (Wildman–Crippen LogP) is 5.83. The van der Waals surface area contributed by atoms with E-state index in [1.54, 1.807) is 12.1 Å². The average molecular weight is 548 g/mol. The molecule has 3 heterocycles. The van der Waals surface area contributed by atoms with Crippen LogP contribution in [-0.2, 0) is 0 Å². The smallest absolute Gasteiger partial charge is 0.455 e. The highest BCUT2D eigenvalue weighted by atomic mass is 16.7. The van der Waals surface area contributed by atoms with Crippen LogP contribution in [0.3, 0.4) is 0 Å². The highest BCUT2D eigenvalue weighted by molar-refractivity contribution is 6.07. The van der Waals surface area contributed by atoms with Crippen LogP contribution in [0.5, 0.6) is 17.4 Å². The van der Waals surface area contributed by atoms with E-state index in [9.17, 15) is 9.59 Å². The Morgan fingerprint density at radius 1 is 0.951 bits per heavy atom. The van der Waals surface area contributed by atoms with Crippen LogP contribution >= 0.6 is 0 Å². The van der Waals surface area contributed by atoms with Gasteiger partial charge in [-0.25, -0.2) is 14.6 Å². The number of carbonyl (C=O) groups is 1. The minimum atomic E-state index is -0.957. The first-order valence-electron chi connectivity index (χ1n) is 12.9. The van der Waals surface area contributed by atoms with Crippen molar-refractivity contribution in [2.24, 2.45) is 0 Å². The van der Waals surface area contributed by atoms with Gasteiger partial charge < -0.3 is 18.3 Å². The lowest BCUT2D eigenvalue weighted by molar-refractivity contribution is 0.0689. The van der Waals surface area contributed by atoms with E-state index in [1.807, 2.05) is 60.7 Å². The topological polar surface area (TPSA) is 146 Å². The minimum Gasteiger partial charge on any atom is -0.455 e. The second kappa shape index (κ2) is 9.87. The van der Waals surface area contributed by atoms with Crippen LogP contribution in [0, 0.1) is 6.92 Å². The van der Waals surface area contributed by atoms with Crippen LogP contribution in [0.4, 0.5) is 0 Å². The van der Waals surface area contributed by atoms with Gasteiger partial charge in [0.25, 0.3) is 0 Å². The maximum absolute atomic E-state index is 13.6. The molecule has 1 aliphatic carbocycles. The number of nitrogens with one attached hydrogen (secondary N) is 1. The van der Waals surface area contributed by atoms with Gasteiger partial charge in [-0.2, -0.15) is 5.21 Å². The van der Waals surface area contributed by atoms with Crippen molar-refractivity contribution in [3.63, 3.8) is 0 Å². The first-order chi connectivity index (χ1) is 20.0. The molecule has 0 amide bonds. The summed E-state index contributed by atoms with van der Waals surface area (Å²) in [4.78, 5) is 30.0. The number of ether oxygens (including phenoxy) is 2. The van der Waals surface area contributed by atoms with Crippen molar-refractivity contribution < 1.29 is 23.1 Å². The first-order valence-corrected chi connectivity index (χ1v) is 12.9. The van der Waals surface area contributed by atoms with Gasteiger partial charge in [-0.15, -0.1) is 10.2 Å². The summed E-state index contributed by atoms with van der Waals surface area (Å²) in [6.45, 7) is 1.48.